The molecule has 0 aromatic heterocycles. The SMILES string of the molecule is CCN(CCC(=O)O)C(=O)C(NC(=O)c1cccc(C)c1)C(C)C. The van der Waals surface area contributed by atoms with E-state index in [1.165, 1.54) is 4.90 Å². The molecule has 24 heavy (non-hydrogen) atoms. The van der Waals surface area contributed by atoms with Gasteiger partial charge < -0.3 is 15.3 Å². The molecule has 1 aromatic carbocycles. The topological polar surface area (TPSA) is 86.7 Å². The van der Waals surface area contributed by atoms with Gasteiger partial charge >= 0.3 is 5.97 Å². The summed E-state index contributed by atoms with van der Waals surface area (Å²) in [6, 6.07) is 6.46. The molecule has 1 unspecified atom stereocenters. The lowest BCUT2D eigenvalue weighted by Crippen LogP contribution is -2.51. The highest BCUT2D eigenvalue weighted by atomic mass is 16.4. The van der Waals surface area contributed by atoms with Crippen molar-refractivity contribution in [1.29, 1.82) is 0 Å². The van der Waals surface area contributed by atoms with Crippen LogP contribution in [0.3, 0.4) is 0 Å². The van der Waals surface area contributed by atoms with E-state index in [0.29, 0.717) is 12.1 Å². The fraction of sp³-hybridized carbons (Fsp3) is 0.500. The van der Waals surface area contributed by atoms with E-state index in [9.17, 15) is 14.4 Å². The van der Waals surface area contributed by atoms with Crippen molar-refractivity contribution >= 4 is 17.8 Å². The number of carboxylic acid groups (broad SMARTS) is 1. The number of benzene rings is 1. The monoisotopic (exact) mass is 334 g/mol. The van der Waals surface area contributed by atoms with Crippen LogP contribution in [0, 0.1) is 12.8 Å². The molecule has 2 N–H and O–H groups in total. The maximum Gasteiger partial charge on any atom is 0.305 e. The number of carboxylic acids is 1. The van der Waals surface area contributed by atoms with Gasteiger partial charge in [0.2, 0.25) is 5.91 Å². The van der Waals surface area contributed by atoms with Gasteiger partial charge in [-0.05, 0) is 31.9 Å². The maximum absolute atomic E-state index is 12.7. The van der Waals surface area contributed by atoms with E-state index in [0.717, 1.165) is 5.56 Å². The Balaban J connectivity index is 2.87. The first-order valence-corrected chi connectivity index (χ1v) is 8.14. The van der Waals surface area contributed by atoms with Crippen molar-refractivity contribution in [3.8, 4) is 0 Å². The summed E-state index contributed by atoms with van der Waals surface area (Å²) < 4.78 is 0. The van der Waals surface area contributed by atoms with Gasteiger partial charge in [0.1, 0.15) is 6.04 Å². The number of aliphatic carboxylic acids is 1. The standard InChI is InChI=1S/C18H26N2O4/c1-5-20(10-9-15(21)22)18(24)16(12(2)3)19-17(23)14-8-6-7-13(4)11-14/h6-8,11-12,16H,5,9-10H2,1-4H3,(H,19,23)(H,21,22). The summed E-state index contributed by atoms with van der Waals surface area (Å²) >= 11 is 0. The number of aryl methyl sites for hydroxylation is 1. The number of carbonyl (C=O) groups is 3. The molecule has 6 nitrogen and oxygen atoms in total. The van der Waals surface area contributed by atoms with Crippen LogP contribution in [0.25, 0.3) is 0 Å². The Morgan fingerprint density at radius 3 is 2.42 bits per heavy atom. The Labute approximate surface area is 142 Å². The molecule has 132 valence electrons. The number of hydrogen-bond donors (Lipinski definition) is 2. The quantitative estimate of drug-likeness (QED) is 0.762. The summed E-state index contributed by atoms with van der Waals surface area (Å²) in [5.74, 6) is -1.62. The van der Waals surface area contributed by atoms with E-state index in [1.807, 2.05) is 26.8 Å². The first kappa shape index (κ1) is 19.7. The summed E-state index contributed by atoms with van der Waals surface area (Å²) in [7, 11) is 0. The molecule has 2 amide bonds. The van der Waals surface area contributed by atoms with Crippen LogP contribution in [-0.2, 0) is 9.59 Å². The van der Waals surface area contributed by atoms with Crippen LogP contribution in [0.1, 0.15) is 43.1 Å². The average Bonchev–Trinajstić information content (AvgIpc) is 2.52. The molecule has 0 saturated heterocycles. The summed E-state index contributed by atoms with van der Waals surface area (Å²) in [4.78, 5) is 37.3. The first-order chi connectivity index (χ1) is 11.3. The Morgan fingerprint density at radius 2 is 1.92 bits per heavy atom. The first-order valence-electron chi connectivity index (χ1n) is 8.14. The molecule has 1 atom stereocenters. The van der Waals surface area contributed by atoms with Gasteiger partial charge in [-0.25, -0.2) is 0 Å². The minimum atomic E-state index is -0.953. The Hall–Kier alpha value is -2.37. The lowest BCUT2D eigenvalue weighted by Gasteiger charge is -2.28. The second-order valence-corrected chi connectivity index (χ2v) is 6.13. The zero-order valence-electron chi connectivity index (χ0n) is 14.7. The molecule has 0 aliphatic rings. The zero-order chi connectivity index (χ0) is 18.3. The highest BCUT2D eigenvalue weighted by molar-refractivity contribution is 5.97. The van der Waals surface area contributed by atoms with Crippen molar-refractivity contribution in [2.45, 2.75) is 40.2 Å². The molecule has 0 fully saturated rings. The van der Waals surface area contributed by atoms with Crippen molar-refractivity contribution in [2.75, 3.05) is 13.1 Å². The largest absolute Gasteiger partial charge is 0.481 e. The van der Waals surface area contributed by atoms with Gasteiger partial charge in [-0.3, -0.25) is 14.4 Å². The van der Waals surface area contributed by atoms with Crippen LogP contribution >= 0.6 is 0 Å². The molecule has 0 heterocycles. The predicted molar refractivity (Wildman–Crippen MR) is 91.8 cm³/mol. The number of nitrogens with one attached hydrogen (secondary N) is 1. The number of likely N-dealkylation sites (N-methyl/N-ethyl adjacent to an activating group) is 1. The fourth-order valence-electron chi connectivity index (χ4n) is 2.38. The van der Waals surface area contributed by atoms with Crippen molar-refractivity contribution < 1.29 is 19.5 Å². The van der Waals surface area contributed by atoms with E-state index in [2.05, 4.69) is 5.32 Å². The van der Waals surface area contributed by atoms with Crippen LogP contribution < -0.4 is 5.32 Å². The normalized spacial score (nSPS) is 11.9. The van der Waals surface area contributed by atoms with E-state index in [4.69, 9.17) is 5.11 Å². The van der Waals surface area contributed by atoms with Crippen molar-refractivity contribution in [1.82, 2.24) is 10.2 Å². The molecule has 0 aliphatic heterocycles. The molecule has 0 aliphatic carbocycles. The molecule has 0 spiro atoms. The van der Waals surface area contributed by atoms with E-state index in [1.54, 1.807) is 25.1 Å². The van der Waals surface area contributed by atoms with Crippen LogP contribution in [-0.4, -0.2) is 46.9 Å². The third-order valence-corrected chi connectivity index (χ3v) is 3.79. The van der Waals surface area contributed by atoms with Gasteiger partial charge in [0, 0.05) is 18.7 Å². The number of hydrogen-bond acceptors (Lipinski definition) is 3. The number of nitrogens with zero attached hydrogens (tertiary/aromatic N) is 1. The maximum atomic E-state index is 12.7. The molecule has 0 saturated carbocycles. The highest BCUT2D eigenvalue weighted by Gasteiger charge is 2.28. The second-order valence-electron chi connectivity index (χ2n) is 6.13. The summed E-state index contributed by atoms with van der Waals surface area (Å²) in [6.45, 7) is 7.92. The fourth-order valence-corrected chi connectivity index (χ4v) is 2.38. The lowest BCUT2D eigenvalue weighted by atomic mass is 10.0. The van der Waals surface area contributed by atoms with Gasteiger partial charge in [0.05, 0.1) is 6.42 Å². The van der Waals surface area contributed by atoms with Crippen LogP contribution in [0.15, 0.2) is 24.3 Å². The van der Waals surface area contributed by atoms with Crippen LogP contribution in [0.4, 0.5) is 0 Å². The van der Waals surface area contributed by atoms with E-state index < -0.39 is 12.0 Å². The van der Waals surface area contributed by atoms with E-state index in [-0.39, 0.29) is 30.7 Å². The van der Waals surface area contributed by atoms with Gasteiger partial charge in [-0.2, -0.15) is 0 Å². The van der Waals surface area contributed by atoms with Gasteiger partial charge in [0.25, 0.3) is 5.91 Å². The minimum Gasteiger partial charge on any atom is -0.481 e. The van der Waals surface area contributed by atoms with Crippen molar-refractivity contribution in [3.05, 3.63) is 35.4 Å². The van der Waals surface area contributed by atoms with Gasteiger partial charge in [-0.1, -0.05) is 31.5 Å². The van der Waals surface area contributed by atoms with Gasteiger partial charge in [0.15, 0.2) is 0 Å². The predicted octanol–water partition coefficient (Wildman–Crippen LogP) is 2.07. The van der Waals surface area contributed by atoms with Crippen LogP contribution in [0.5, 0.6) is 0 Å². The second kappa shape index (κ2) is 9.05. The van der Waals surface area contributed by atoms with E-state index >= 15 is 0 Å². The van der Waals surface area contributed by atoms with Crippen molar-refractivity contribution in [3.63, 3.8) is 0 Å². The Bertz CT molecular complexity index is 598. The third kappa shape index (κ3) is 5.68. The number of carbonyl (C=O) groups excluding carboxylic acids is 2. The Kier molecular flexibility index (Phi) is 7.42. The molecule has 0 radical (unpaired) electrons. The van der Waals surface area contributed by atoms with Gasteiger partial charge in [-0.15, -0.1) is 0 Å². The molecule has 1 rings (SSSR count). The van der Waals surface area contributed by atoms with Crippen LogP contribution in [0.2, 0.25) is 0 Å². The average molecular weight is 334 g/mol. The molecule has 1 aromatic rings. The summed E-state index contributed by atoms with van der Waals surface area (Å²) in [5, 5.41) is 11.6. The number of rotatable bonds is 8. The third-order valence-electron chi connectivity index (χ3n) is 3.79. The smallest absolute Gasteiger partial charge is 0.305 e. The lowest BCUT2D eigenvalue weighted by molar-refractivity contribution is -0.139. The summed E-state index contributed by atoms with van der Waals surface area (Å²) in [5.41, 5.74) is 1.47. The molecule has 6 heteroatoms. The molecular weight excluding hydrogens is 308 g/mol. The molecule has 0 bridgehead atoms. The number of amides is 2. The Morgan fingerprint density at radius 1 is 1.25 bits per heavy atom. The summed E-state index contributed by atoms with van der Waals surface area (Å²) in [6.07, 6.45) is -0.115. The minimum absolute atomic E-state index is 0.106. The van der Waals surface area contributed by atoms with Crippen molar-refractivity contribution in [2.24, 2.45) is 5.92 Å². The zero-order valence-corrected chi connectivity index (χ0v) is 14.7. The molecular formula is C18H26N2O4. The highest BCUT2D eigenvalue weighted by Crippen LogP contribution is 2.10.